The largest absolute Gasteiger partial charge is 0.379 e. The van der Waals surface area contributed by atoms with Crippen LogP contribution in [0.5, 0.6) is 0 Å². The van der Waals surface area contributed by atoms with E-state index >= 15 is 0 Å². The number of thioether (sulfide) groups is 1. The average Bonchev–Trinajstić information content (AvgIpc) is 3.50. The lowest BCUT2D eigenvalue weighted by molar-refractivity contribution is 0.0736. The van der Waals surface area contributed by atoms with Crippen molar-refractivity contribution in [2.45, 2.75) is 44.2 Å². The number of amides is 2. The molecule has 0 aliphatic carbocycles. The summed E-state index contributed by atoms with van der Waals surface area (Å²) in [4.78, 5) is 21.6. The van der Waals surface area contributed by atoms with Gasteiger partial charge < -0.3 is 14.6 Å². The van der Waals surface area contributed by atoms with E-state index in [0.717, 1.165) is 33.0 Å². The third-order valence-electron chi connectivity index (χ3n) is 5.42. The smallest absolute Gasteiger partial charge is 0.322 e. The number of nitrogens with zero attached hydrogens (tertiary/aromatic N) is 3. The molecule has 174 valence electrons. The third kappa shape index (κ3) is 5.31. The first-order valence-corrected chi connectivity index (χ1v) is 13.0. The highest BCUT2D eigenvalue weighted by molar-refractivity contribution is 7.98. The SMILES string of the molecule is CSc1ccc(C2NC(=O)N(CCCOC(C)C)C(C)=C2c2nc(-c3cccs3)no2)cc1. The van der Waals surface area contributed by atoms with Crippen LogP contribution in [0.25, 0.3) is 16.3 Å². The summed E-state index contributed by atoms with van der Waals surface area (Å²) in [6.07, 6.45) is 2.93. The van der Waals surface area contributed by atoms with E-state index in [1.165, 1.54) is 0 Å². The Labute approximate surface area is 202 Å². The molecule has 0 radical (unpaired) electrons. The fourth-order valence-electron chi connectivity index (χ4n) is 3.75. The molecule has 2 aromatic heterocycles. The number of carbonyl (C=O) groups is 1. The number of aromatic nitrogens is 2. The van der Waals surface area contributed by atoms with Gasteiger partial charge in [0.15, 0.2) is 0 Å². The van der Waals surface area contributed by atoms with Crippen molar-refractivity contribution in [3.63, 3.8) is 0 Å². The lowest BCUT2D eigenvalue weighted by Gasteiger charge is -2.35. The Hall–Kier alpha value is -2.62. The molecule has 1 aromatic carbocycles. The number of carbonyl (C=O) groups excluding carboxylic acids is 1. The quantitative estimate of drug-likeness (QED) is 0.304. The van der Waals surface area contributed by atoms with Crippen LogP contribution in [0.1, 0.15) is 44.7 Å². The summed E-state index contributed by atoms with van der Waals surface area (Å²) in [6.45, 7) is 7.08. The Bertz CT molecular complexity index is 1110. The van der Waals surface area contributed by atoms with Crippen LogP contribution in [-0.2, 0) is 4.74 Å². The molecule has 0 fully saturated rings. The minimum absolute atomic E-state index is 0.141. The first-order chi connectivity index (χ1) is 16.0. The van der Waals surface area contributed by atoms with Crippen molar-refractivity contribution in [1.29, 1.82) is 0 Å². The molecular weight excluding hydrogens is 456 g/mol. The van der Waals surface area contributed by atoms with Gasteiger partial charge in [-0.1, -0.05) is 23.4 Å². The van der Waals surface area contributed by atoms with Crippen LogP contribution in [-0.4, -0.2) is 46.6 Å². The van der Waals surface area contributed by atoms with Gasteiger partial charge in [-0.25, -0.2) is 4.79 Å². The Morgan fingerprint density at radius 3 is 2.73 bits per heavy atom. The Morgan fingerprint density at radius 1 is 1.27 bits per heavy atom. The Kier molecular flexibility index (Phi) is 7.52. The number of thiophene rings is 1. The number of rotatable bonds is 9. The van der Waals surface area contributed by atoms with Crippen molar-refractivity contribution in [2.75, 3.05) is 19.4 Å². The van der Waals surface area contributed by atoms with Gasteiger partial charge in [-0.15, -0.1) is 23.1 Å². The molecule has 33 heavy (non-hydrogen) atoms. The summed E-state index contributed by atoms with van der Waals surface area (Å²) in [5, 5.41) is 9.33. The first kappa shape index (κ1) is 23.5. The molecule has 2 amide bonds. The number of benzene rings is 1. The maximum absolute atomic E-state index is 13.1. The van der Waals surface area contributed by atoms with Crippen molar-refractivity contribution in [3.8, 4) is 10.7 Å². The number of ether oxygens (including phenoxy) is 1. The molecule has 3 aromatic rings. The van der Waals surface area contributed by atoms with Crippen molar-refractivity contribution in [3.05, 3.63) is 58.9 Å². The van der Waals surface area contributed by atoms with Gasteiger partial charge in [0.25, 0.3) is 5.89 Å². The molecule has 1 unspecified atom stereocenters. The number of nitrogens with one attached hydrogen (secondary N) is 1. The molecule has 1 aliphatic heterocycles. The van der Waals surface area contributed by atoms with Gasteiger partial charge >= 0.3 is 6.03 Å². The van der Waals surface area contributed by atoms with E-state index in [0.29, 0.717) is 24.9 Å². The highest BCUT2D eigenvalue weighted by Gasteiger charge is 2.35. The fourth-order valence-corrected chi connectivity index (χ4v) is 4.81. The second-order valence-corrected chi connectivity index (χ2v) is 9.81. The van der Waals surface area contributed by atoms with Gasteiger partial charge in [0.1, 0.15) is 0 Å². The molecule has 0 bridgehead atoms. The van der Waals surface area contributed by atoms with E-state index in [1.54, 1.807) is 28.0 Å². The maximum Gasteiger partial charge on any atom is 0.322 e. The summed E-state index contributed by atoms with van der Waals surface area (Å²) in [7, 11) is 0. The lowest BCUT2D eigenvalue weighted by atomic mass is 9.94. The Morgan fingerprint density at radius 2 is 2.06 bits per heavy atom. The predicted octanol–water partition coefficient (Wildman–Crippen LogP) is 5.83. The van der Waals surface area contributed by atoms with Gasteiger partial charge in [0.05, 0.1) is 22.6 Å². The van der Waals surface area contributed by atoms with Crippen LogP contribution in [0.2, 0.25) is 0 Å². The lowest BCUT2D eigenvalue weighted by Crippen LogP contribution is -2.46. The predicted molar refractivity (Wildman–Crippen MR) is 132 cm³/mol. The van der Waals surface area contributed by atoms with Gasteiger partial charge in [0, 0.05) is 23.7 Å². The second-order valence-electron chi connectivity index (χ2n) is 7.98. The van der Waals surface area contributed by atoms with Gasteiger partial charge in [0.2, 0.25) is 5.82 Å². The van der Waals surface area contributed by atoms with Crippen molar-refractivity contribution >= 4 is 34.7 Å². The van der Waals surface area contributed by atoms with E-state index < -0.39 is 0 Å². The van der Waals surface area contributed by atoms with Crippen molar-refractivity contribution in [1.82, 2.24) is 20.4 Å². The van der Waals surface area contributed by atoms with E-state index in [2.05, 4.69) is 27.6 Å². The number of allylic oxidation sites excluding steroid dienone is 1. The van der Waals surface area contributed by atoms with Crippen molar-refractivity contribution < 1.29 is 14.1 Å². The van der Waals surface area contributed by atoms with E-state index in [1.807, 2.05) is 56.7 Å². The second kappa shape index (κ2) is 10.5. The van der Waals surface area contributed by atoms with Gasteiger partial charge in [-0.2, -0.15) is 4.98 Å². The van der Waals surface area contributed by atoms with Crippen LogP contribution < -0.4 is 5.32 Å². The third-order valence-corrected chi connectivity index (χ3v) is 7.03. The molecule has 1 N–H and O–H groups in total. The van der Waals surface area contributed by atoms with Crippen LogP contribution >= 0.6 is 23.1 Å². The summed E-state index contributed by atoms with van der Waals surface area (Å²) < 4.78 is 11.4. The molecule has 9 heteroatoms. The highest BCUT2D eigenvalue weighted by atomic mass is 32.2. The minimum Gasteiger partial charge on any atom is -0.379 e. The summed E-state index contributed by atoms with van der Waals surface area (Å²) in [6, 6.07) is 11.6. The average molecular weight is 485 g/mol. The monoisotopic (exact) mass is 484 g/mol. The molecule has 1 aliphatic rings. The molecule has 0 spiro atoms. The zero-order chi connectivity index (χ0) is 23.4. The molecule has 7 nitrogen and oxygen atoms in total. The minimum atomic E-state index is -0.381. The molecular formula is C24H28N4O3S2. The number of hydrogen-bond donors (Lipinski definition) is 1. The summed E-state index contributed by atoms with van der Waals surface area (Å²) in [5.41, 5.74) is 2.59. The van der Waals surface area contributed by atoms with E-state index in [9.17, 15) is 4.79 Å². The molecule has 0 saturated carbocycles. The fraction of sp³-hybridized carbons (Fsp3) is 0.375. The zero-order valence-corrected chi connectivity index (χ0v) is 20.8. The van der Waals surface area contributed by atoms with Gasteiger partial charge in [-0.05, 0) is 62.6 Å². The standard InChI is InChI=1S/C24H28N4O3S2/c1-15(2)30-13-6-12-28-16(3)20(23-26-22(27-31-23)19-7-5-14-33-19)21(25-24(28)29)17-8-10-18(32-4)11-9-17/h5,7-11,14-15,21H,6,12-13H2,1-4H3,(H,25,29). The first-order valence-electron chi connectivity index (χ1n) is 10.9. The summed E-state index contributed by atoms with van der Waals surface area (Å²) in [5.74, 6) is 0.962. The molecule has 3 heterocycles. The van der Waals surface area contributed by atoms with Crippen LogP contribution in [0.4, 0.5) is 4.79 Å². The molecule has 0 saturated heterocycles. The topological polar surface area (TPSA) is 80.5 Å². The normalized spacial score (nSPS) is 16.6. The van der Waals surface area contributed by atoms with Crippen molar-refractivity contribution in [2.24, 2.45) is 0 Å². The van der Waals surface area contributed by atoms with Crippen LogP contribution in [0, 0.1) is 0 Å². The maximum atomic E-state index is 13.1. The number of urea groups is 1. The Balaban J connectivity index is 1.69. The van der Waals surface area contributed by atoms with Crippen LogP contribution in [0.3, 0.4) is 0 Å². The van der Waals surface area contributed by atoms with Crippen LogP contribution in [0.15, 0.2) is 56.9 Å². The van der Waals surface area contributed by atoms with E-state index in [-0.39, 0.29) is 18.2 Å². The van der Waals surface area contributed by atoms with E-state index in [4.69, 9.17) is 9.26 Å². The zero-order valence-electron chi connectivity index (χ0n) is 19.2. The van der Waals surface area contributed by atoms with Gasteiger partial charge in [-0.3, -0.25) is 4.90 Å². The number of hydrogen-bond acceptors (Lipinski definition) is 7. The molecule has 1 atom stereocenters. The summed E-state index contributed by atoms with van der Waals surface area (Å²) >= 11 is 3.24. The highest BCUT2D eigenvalue weighted by Crippen LogP contribution is 2.38. The molecule has 4 rings (SSSR count).